The van der Waals surface area contributed by atoms with Gasteiger partial charge in [0.05, 0.1) is 13.0 Å². The molecule has 1 aliphatic rings. The van der Waals surface area contributed by atoms with Crippen LogP contribution < -0.4 is 19.5 Å². The highest BCUT2D eigenvalue weighted by atomic mass is 16.7. The van der Waals surface area contributed by atoms with Gasteiger partial charge in [-0.05, 0) is 42.8 Å². The first-order chi connectivity index (χ1) is 13.2. The third-order valence-corrected chi connectivity index (χ3v) is 3.89. The molecule has 0 bridgehead atoms. The van der Waals surface area contributed by atoms with Gasteiger partial charge in [0.25, 0.3) is 0 Å². The van der Waals surface area contributed by atoms with E-state index in [2.05, 4.69) is 15.5 Å². The van der Waals surface area contributed by atoms with E-state index in [1.807, 2.05) is 31.2 Å². The highest BCUT2D eigenvalue weighted by Crippen LogP contribution is 2.35. The molecule has 0 saturated carbocycles. The number of fused-ring (bicyclic) bond motifs is 1. The largest absolute Gasteiger partial charge is 0.494 e. The van der Waals surface area contributed by atoms with Crippen LogP contribution in [-0.2, 0) is 11.2 Å². The molecule has 0 aliphatic carbocycles. The summed E-state index contributed by atoms with van der Waals surface area (Å²) in [6.07, 6.45) is 0.189. The molecule has 1 amide bonds. The number of hydrogen-bond acceptors (Lipinski definition) is 7. The van der Waals surface area contributed by atoms with E-state index >= 15 is 0 Å². The lowest BCUT2D eigenvalue weighted by Gasteiger charge is -2.04. The Morgan fingerprint density at radius 3 is 2.74 bits per heavy atom. The van der Waals surface area contributed by atoms with Crippen molar-refractivity contribution in [3.05, 3.63) is 48.0 Å². The number of nitrogens with zero attached hydrogens (tertiary/aromatic N) is 2. The first kappa shape index (κ1) is 16.9. The van der Waals surface area contributed by atoms with Gasteiger partial charge in [-0.15, -0.1) is 5.10 Å². The Morgan fingerprint density at radius 2 is 1.93 bits per heavy atom. The van der Waals surface area contributed by atoms with Crippen LogP contribution in [0, 0.1) is 0 Å². The molecule has 1 aliphatic heterocycles. The fraction of sp³-hybridized carbons (Fsp3) is 0.211. The lowest BCUT2D eigenvalue weighted by atomic mass is 10.1. The van der Waals surface area contributed by atoms with Gasteiger partial charge in [-0.1, -0.05) is 17.2 Å². The molecule has 1 N–H and O–H groups in total. The molecular formula is C19H17N3O5. The van der Waals surface area contributed by atoms with Crippen LogP contribution in [0.3, 0.4) is 0 Å². The second-order valence-electron chi connectivity index (χ2n) is 5.78. The van der Waals surface area contributed by atoms with E-state index in [1.165, 1.54) is 0 Å². The Morgan fingerprint density at radius 1 is 1.11 bits per heavy atom. The molecule has 0 unspecified atom stereocenters. The quantitative estimate of drug-likeness (QED) is 0.715. The predicted octanol–water partition coefficient (Wildman–Crippen LogP) is 3.05. The number of anilines is 1. The monoisotopic (exact) mass is 367 g/mol. The zero-order valence-corrected chi connectivity index (χ0v) is 14.6. The first-order valence-electron chi connectivity index (χ1n) is 8.46. The number of aromatic nitrogens is 2. The van der Waals surface area contributed by atoms with Crippen molar-refractivity contribution in [3.63, 3.8) is 0 Å². The molecule has 0 spiro atoms. The molecule has 138 valence electrons. The summed E-state index contributed by atoms with van der Waals surface area (Å²) >= 11 is 0. The number of ether oxygens (including phenoxy) is 3. The SMILES string of the molecule is CCOc1ccc(CC(=O)Nc2nnc(-c3ccc4c(c3)OCO4)o2)cc1. The Balaban J connectivity index is 1.39. The third-order valence-electron chi connectivity index (χ3n) is 3.89. The highest BCUT2D eigenvalue weighted by molar-refractivity contribution is 5.90. The van der Waals surface area contributed by atoms with Crippen molar-refractivity contribution in [3.8, 4) is 28.7 Å². The molecule has 27 heavy (non-hydrogen) atoms. The van der Waals surface area contributed by atoms with Gasteiger partial charge in [-0.25, -0.2) is 0 Å². The number of hydrogen-bond donors (Lipinski definition) is 1. The van der Waals surface area contributed by atoms with Crippen molar-refractivity contribution in [1.82, 2.24) is 10.2 Å². The predicted molar refractivity (Wildman–Crippen MR) is 95.8 cm³/mol. The van der Waals surface area contributed by atoms with E-state index < -0.39 is 0 Å². The van der Waals surface area contributed by atoms with Crippen molar-refractivity contribution < 1.29 is 23.4 Å². The molecule has 0 atom stereocenters. The number of carbonyl (C=O) groups is 1. The van der Waals surface area contributed by atoms with Gasteiger partial charge in [0.2, 0.25) is 18.6 Å². The lowest BCUT2D eigenvalue weighted by Crippen LogP contribution is -2.14. The summed E-state index contributed by atoms with van der Waals surface area (Å²) in [7, 11) is 0. The molecule has 8 nitrogen and oxygen atoms in total. The van der Waals surface area contributed by atoms with Gasteiger partial charge in [0.1, 0.15) is 5.75 Å². The standard InChI is InChI=1S/C19H17N3O5/c1-2-24-14-6-3-12(4-7-14)9-17(23)20-19-22-21-18(27-19)13-5-8-15-16(10-13)26-11-25-15/h3-8,10H,2,9,11H2,1H3,(H,20,22,23). The maximum atomic E-state index is 12.2. The second kappa shape index (κ2) is 7.36. The van der Waals surface area contributed by atoms with Crippen LogP contribution in [0.1, 0.15) is 12.5 Å². The van der Waals surface area contributed by atoms with E-state index in [9.17, 15) is 4.79 Å². The molecular weight excluding hydrogens is 350 g/mol. The summed E-state index contributed by atoms with van der Waals surface area (Å²) < 4.78 is 21.5. The van der Waals surface area contributed by atoms with E-state index in [-0.39, 0.29) is 31.0 Å². The Kier molecular flexibility index (Phi) is 4.61. The molecule has 2 heterocycles. The van der Waals surface area contributed by atoms with Crippen molar-refractivity contribution >= 4 is 11.9 Å². The molecule has 1 aromatic heterocycles. The minimum atomic E-state index is -0.250. The molecule has 0 fully saturated rings. The highest BCUT2D eigenvalue weighted by Gasteiger charge is 2.17. The van der Waals surface area contributed by atoms with Gasteiger partial charge in [-0.3, -0.25) is 10.1 Å². The van der Waals surface area contributed by atoms with Crippen LogP contribution in [0.5, 0.6) is 17.2 Å². The molecule has 2 aromatic carbocycles. The van der Waals surface area contributed by atoms with Crippen LogP contribution in [-0.4, -0.2) is 29.5 Å². The van der Waals surface area contributed by atoms with E-state index in [4.69, 9.17) is 18.6 Å². The Hall–Kier alpha value is -3.55. The zero-order chi connectivity index (χ0) is 18.6. The summed E-state index contributed by atoms with van der Waals surface area (Å²) in [6.45, 7) is 2.71. The molecule has 4 rings (SSSR count). The number of rotatable bonds is 6. The number of nitrogens with one attached hydrogen (secondary N) is 1. The van der Waals surface area contributed by atoms with Crippen molar-refractivity contribution in [1.29, 1.82) is 0 Å². The summed E-state index contributed by atoms with van der Waals surface area (Å²) in [6, 6.07) is 12.7. The minimum Gasteiger partial charge on any atom is -0.494 e. The number of amides is 1. The Bertz CT molecular complexity index is 952. The second-order valence-corrected chi connectivity index (χ2v) is 5.78. The van der Waals surface area contributed by atoms with Crippen LogP contribution >= 0.6 is 0 Å². The van der Waals surface area contributed by atoms with E-state index in [0.29, 0.717) is 23.7 Å². The van der Waals surface area contributed by atoms with Gasteiger partial charge in [0, 0.05) is 5.56 Å². The third kappa shape index (κ3) is 3.84. The van der Waals surface area contributed by atoms with Gasteiger partial charge >= 0.3 is 6.01 Å². The summed E-state index contributed by atoms with van der Waals surface area (Å²) in [5, 5.41) is 10.4. The summed E-state index contributed by atoms with van der Waals surface area (Å²) in [5.74, 6) is 2.09. The molecule has 0 saturated heterocycles. The summed E-state index contributed by atoms with van der Waals surface area (Å²) in [4.78, 5) is 12.2. The van der Waals surface area contributed by atoms with Gasteiger partial charge in [-0.2, -0.15) is 0 Å². The molecule has 0 radical (unpaired) electrons. The van der Waals surface area contributed by atoms with Crippen molar-refractivity contribution in [2.24, 2.45) is 0 Å². The average Bonchev–Trinajstić information content (AvgIpc) is 3.32. The van der Waals surface area contributed by atoms with E-state index in [0.717, 1.165) is 11.3 Å². The normalized spacial score (nSPS) is 12.0. The van der Waals surface area contributed by atoms with Crippen LogP contribution in [0.4, 0.5) is 6.01 Å². The summed E-state index contributed by atoms with van der Waals surface area (Å²) in [5.41, 5.74) is 1.53. The molecule has 8 heteroatoms. The first-order valence-corrected chi connectivity index (χ1v) is 8.46. The topological polar surface area (TPSA) is 95.7 Å². The van der Waals surface area contributed by atoms with Crippen LogP contribution in [0.2, 0.25) is 0 Å². The fourth-order valence-electron chi connectivity index (χ4n) is 2.64. The van der Waals surface area contributed by atoms with Gasteiger partial charge in [0.15, 0.2) is 11.5 Å². The van der Waals surface area contributed by atoms with Crippen molar-refractivity contribution in [2.45, 2.75) is 13.3 Å². The van der Waals surface area contributed by atoms with Gasteiger partial charge < -0.3 is 18.6 Å². The zero-order valence-electron chi connectivity index (χ0n) is 14.6. The lowest BCUT2D eigenvalue weighted by molar-refractivity contribution is -0.115. The minimum absolute atomic E-state index is 0.0404. The number of benzene rings is 2. The maximum absolute atomic E-state index is 12.2. The number of carbonyl (C=O) groups excluding carboxylic acids is 1. The maximum Gasteiger partial charge on any atom is 0.322 e. The molecule has 3 aromatic rings. The fourth-order valence-corrected chi connectivity index (χ4v) is 2.64. The van der Waals surface area contributed by atoms with Crippen molar-refractivity contribution in [2.75, 3.05) is 18.7 Å². The van der Waals surface area contributed by atoms with Crippen LogP contribution in [0.25, 0.3) is 11.5 Å². The Labute approximate surface area is 155 Å². The van der Waals surface area contributed by atoms with Crippen LogP contribution in [0.15, 0.2) is 46.9 Å². The smallest absolute Gasteiger partial charge is 0.322 e. The average molecular weight is 367 g/mol. The van der Waals surface area contributed by atoms with E-state index in [1.54, 1.807) is 18.2 Å².